The first kappa shape index (κ1) is 20.9. The Kier molecular flexibility index (Phi) is 6.90. The molecular formula is C23H26N2O3S. The minimum absolute atomic E-state index is 0.0358. The zero-order valence-corrected chi connectivity index (χ0v) is 17.4. The fourth-order valence-electron chi connectivity index (χ4n) is 2.86. The highest BCUT2D eigenvalue weighted by Crippen LogP contribution is 2.35. The average molecular weight is 411 g/mol. The van der Waals surface area contributed by atoms with Crippen LogP contribution in [0.2, 0.25) is 0 Å². The van der Waals surface area contributed by atoms with Gasteiger partial charge in [0.1, 0.15) is 12.4 Å². The number of hydrogen-bond acceptors (Lipinski definition) is 4. The monoisotopic (exact) mass is 410 g/mol. The molecule has 0 aliphatic carbocycles. The van der Waals surface area contributed by atoms with Crippen molar-refractivity contribution in [2.24, 2.45) is 5.41 Å². The number of urea groups is 1. The molecule has 6 heteroatoms. The Hall–Kier alpha value is -2.83. The van der Waals surface area contributed by atoms with Crippen LogP contribution >= 0.6 is 11.3 Å². The average Bonchev–Trinajstić information content (AvgIpc) is 3.26. The molecule has 5 nitrogen and oxygen atoms in total. The van der Waals surface area contributed by atoms with Gasteiger partial charge in [-0.25, -0.2) is 4.79 Å². The Bertz CT molecular complexity index is 894. The van der Waals surface area contributed by atoms with E-state index in [0.29, 0.717) is 12.3 Å². The lowest BCUT2D eigenvalue weighted by Crippen LogP contribution is -2.41. The number of aliphatic hydroxyl groups is 1. The molecular weight excluding hydrogens is 384 g/mol. The molecule has 0 saturated carbocycles. The van der Waals surface area contributed by atoms with Crippen LogP contribution in [0, 0.1) is 5.41 Å². The second-order valence-electron chi connectivity index (χ2n) is 7.49. The van der Waals surface area contributed by atoms with Crippen molar-refractivity contribution in [1.82, 2.24) is 5.32 Å². The smallest absolute Gasteiger partial charge is 0.319 e. The van der Waals surface area contributed by atoms with Crippen LogP contribution in [0.15, 0.2) is 72.1 Å². The highest BCUT2D eigenvalue weighted by molar-refractivity contribution is 7.10. The van der Waals surface area contributed by atoms with Crippen LogP contribution in [-0.4, -0.2) is 17.7 Å². The number of ether oxygens (including phenoxy) is 1. The summed E-state index contributed by atoms with van der Waals surface area (Å²) in [4.78, 5) is 13.6. The van der Waals surface area contributed by atoms with E-state index >= 15 is 0 Å². The maximum Gasteiger partial charge on any atom is 0.319 e. The van der Waals surface area contributed by atoms with Crippen LogP contribution in [0.3, 0.4) is 0 Å². The number of nitrogens with one attached hydrogen (secondary N) is 2. The first-order valence-electron chi connectivity index (χ1n) is 9.46. The van der Waals surface area contributed by atoms with Crippen LogP contribution in [0.25, 0.3) is 0 Å². The summed E-state index contributed by atoms with van der Waals surface area (Å²) in [5.41, 5.74) is 1.22. The third-order valence-corrected chi connectivity index (χ3v) is 5.59. The third kappa shape index (κ3) is 5.82. The summed E-state index contributed by atoms with van der Waals surface area (Å²) in [6.07, 6.45) is 0. The SMILES string of the molecule is CC(C)(CO)C(NC(=O)Nc1ccc(COc2ccccc2)cc1)c1cccs1. The summed E-state index contributed by atoms with van der Waals surface area (Å²) in [6, 6.07) is 20.5. The molecule has 29 heavy (non-hydrogen) atoms. The molecule has 0 spiro atoms. The van der Waals surface area contributed by atoms with Crippen molar-refractivity contribution in [2.75, 3.05) is 11.9 Å². The Balaban J connectivity index is 1.58. The van der Waals surface area contributed by atoms with E-state index in [0.717, 1.165) is 16.2 Å². The maximum absolute atomic E-state index is 12.6. The first-order chi connectivity index (χ1) is 14.0. The van der Waals surface area contributed by atoms with E-state index in [1.54, 1.807) is 11.3 Å². The zero-order valence-electron chi connectivity index (χ0n) is 16.6. The van der Waals surface area contributed by atoms with Gasteiger partial charge in [0.2, 0.25) is 0 Å². The quantitative estimate of drug-likeness (QED) is 0.477. The molecule has 3 aromatic rings. The van der Waals surface area contributed by atoms with Gasteiger partial charge in [-0.15, -0.1) is 11.3 Å². The highest BCUT2D eigenvalue weighted by Gasteiger charge is 2.32. The Morgan fingerprint density at radius 2 is 1.79 bits per heavy atom. The molecule has 1 atom stereocenters. The summed E-state index contributed by atoms with van der Waals surface area (Å²) < 4.78 is 5.73. The van der Waals surface area contributed by atoms with E-state index < -0.39 is 5.41 Å². The lowest BCUT2D eigenvalue weighted by Gasteiger charge is -2.32. The molecule has 1 heterocycles. The van der Waals surface area contributed by atoms with Gasteiger partial charge in [-0.2, -0.15) is 0 Å². The molecule has 3 N–H and O–H groups in total. The first-order valence-corrected chi connectivity index (χ1v) is 10.3. The third-order valence-electron chi connectivity index (χ3n) is 4.65. The molecule has 2 amide bonds. The molecule has 0 aliphatic rings. The van der Waals surface area contributed by atoms with Crippen LogP contribution in [0.1, 0.15) is 30.3 Å². The van der Waals surface area contributed by atoms with Gasteiger partial charge in [-0.05, 0) is 41.3 Å². The van der Waals surface area contributed by atoms with Gasteiger partial charge in [-0.1, -0.05) is 50.2 Å². The number of carbonyl (C=O) groups excluding carboxylic acids is 1. The summed E-state index contributed by atoms with van der Waals surface area (Å²) in [5.74, 6) is 0.820. The number of rotatable bonds is 8. The maximum atomic E-state index is 12.6. The van der Waals surface area contributed by atoms with Crippen molar-refractivity contribution in [2.45, 2.75) is 26.5 Å². The summed E-state index contributed by atoms with van der Waals surface area (Å²) >= 11 is 1.56. The van der Waals surface area contributed by atoms with E-state index in [9.17, 15) is 9.90 Å². The van der Waals surface area contributed by atoms with Crippen molar-refractivity contribution in [3.05, 3.63) is 82.6 Å². The Labute approximate surface area is 175 Å². The molecule has 0 fully saturated rings. The van der Waals surface area contributed by atoms with E-state index in [4.69, 9.17) is 4.74 Å². The van der Waals surface area contributed by atoms with E-state index in [1.807, 2.05) is 86.0 Å². The molecule has 2 aromatic carbocycles. The van der Waals surface area contributed by atoms with Gasteiger partial charge in [0.15, 0.2) is 0 Å². The van der Waals surface area contributed by atoms with Gasteiger partial charge < -0.3 is 20.5 Å². The number of aliphatic hydroxyl groups excluding tert-OH is 1. The van der Waals surface area contributed by atoms with E-state index in [1.165, 1.54) is 0 Å². The molecule has 0 bridgehead atoms. The van der Waals surface area contributed by atoms with Crippen LogP contribution in [0.4, 0.5) is 10.5 Å². The van der Waals surface area contributed by atoms with Crippen molar-refractivity contribution in [3.8, 4) is 5.75 Å². The predicted molar refractivity (Wildman–Crippen MR) is 117 cm³/mol. The van der Waals surface area contributed by atoms with Gasteiger partial charge in [0.25, 0.3) is 0 Å². The fraction of sp³-hybridized carbons (Fsp3) is 0.261. The number of thiophene rings is 1. The number of amides is 2. The van der Waals surface area contributed by atoms with Crippen molar-refractivity contribution in [1.29, 1.82) is 0 Å². The molecule has 0 saturated heterocycles. The highest BCUT2D eigenvalue weighted by atomic mass is 32.1. The molecule has 1 unspecified atom stereocenters. The van der Waals surface area contributed by atoms with E-state index in [2.05, 4.69) is 10.6 Å². The normalized spacial score (nSPS) is 12.2. The van der Waals surface area contributed by atoms with E-state index in [-0.39, 0.29) is 18.7 Å². The van der Waals surface area contributed by atoms with Crippen molar-refractivity contribution >= 4 is 23.1 Å². The number of benzene rings is 2. The second kappa shape index (κ2) is 9.58. The van der Waals surface area contributed by atoms with Gasteiger partial charge in [0.05, 0.1) is 12.6 Å². The van der Waals surface area contributed by atoms with Crippen LogP contribution in [0.5, 0.6) is 5.75 Å². The number of anilines is 1. The Morgan fingerprint density at radius 1 is 1.07 bits per heavy atom. The largest absolute Gasteiger partial charge is 0.489 e. The van der Waals surface area contributed by atoms with Crippen molar-refractivity contribution in [3.63, 3.8) is 0 Å². The van der Waals surface area contributed by atoms with Gasteiger partial charge >= 0.3 is 6.03 Å². The molecule has 152 valence electrons. The van der Waals surface area contributed by atoms with Gasteiger partial charge in [0, 0.05) is 16.0 Å². The van der Waals surface area contributed by atoms with Crippen molar-refractivity contribution < 1.29 is 14.6 Å². The molecule has 1 aromatic heterocycles. The molecule has 3 rings (SSSR count). The number of hydrogen-bond donors (Lipinski definition) is 3. The standard InChI is InChI=1S/C23H26N2O3S/c1-23(2,16-26)21(20-9-6-14-29-20)25-22(27)24-18-12-10-17(11-13-18)15-28-19-7-4-3-5-8-19/h3-14,21,26H,15-16H2,1-2H3,(H2,24,25,27). The zero-order chi connectivity index (χ0) is 20.7. The number of para-hydroxylation sites is 1. The van der Waals surface area contributed by atoms with Crippen LogP contribution < -0.4 is 15.4 Å². The number of carbonyl (C=O) groups is 1. The fourth-order valence-corrected chi connectivity index (χ4v) is 3.85. The summed E-state index contributed by atoms with van der Waals surface area (Å²) in [5, 5.41) is 17.6. The predicted octanol–water partition coefficient (Wildman–Crippen LogP) is 5.21. The molecule has 0 aliphatic heterocycles. The minimum atomic E-state index is -0.485. The summed E-state index contributed by atoms with van der Waals surface area (Å²) in [6.45, 7) is 4.28. The minimum Gasteiger partial charge on any atom is -0.489 e. The molecule has 0 radical (unpaired) electrons. The second-order valence-corrected chi connectivity index (χ2v) is 8.47. The van der Waals surface area contributed by atoms with Crippen LogP contribution in [-0.2, 0) is 6.61 Å². The van der Waals surface area contributed by atoms with Gasteiger partial charge in [-0.3, -0.25) is 0 Å². The lowest BCUT2D eigenvalue weighted by atomic mass is 9.84. The Morgan fingerprint density at radius 3 is 2.41 bits per heavy atom. The summed E-state index contributed by atoms with van der Waals surface area (Å²) in [7, 11) is 0. The lowest BCUT2D eigenvalue weighted by molar-refractivity contribution is 0.121. The topological polar surface area (TPSA) is 70.6 Å².